The predicted molar refractivity (Wildman–Crippen MR) is 75.1 cm³/mol. The number of allylic oxidation sites excluding steroid dienone is 1. The van der Waals surface area contributed by atoms with Crippen molar-refractivity contribution in [1.82, 2.24) is 4.57 Å². The van der Waals surface area contributed by atoms with Gasteiger partial charge >= 0.3 is 0 Å². The molecule has 0 atom stereocenters. The number of para-hydroxylation sites is 1. The van der Waals surface area contributed by atoms with Crippen molar-refractivity contribution in [3.63, 3.8) is 0 Å². The van der Waals surface area contributed by atoms with Crippen LogP contribution in [0.25, 0.3) is 23.1 Å². The van der Waals surface area contributed by atoms with Gasteiger partial charge in [-0.1, -0.05) is 36.9 Å². The molecule has 2 aromatic rings. The summed E-state index contributed by atoms with van der Waals surface area (Å²) in [5.74, 6) is 0. The molecule has 1 heteroatoms. The number of aromatic nitrogens is 1. The fourth-order valence-electron chi connectivity index (χ4n) is 2.95. The lowest BCUT2D eigenvalue weighted by Crippen LogP contribution is -2.08. The van der Waals surface area contributed by atoms with Crippen molar-refractivity contribution in [2.24, 2.45) is 0 Å². The molecule has 1 aliphatic heterocycles. The zero-order valence-electron chi connectivity index (χ0n) is 10.2. The lowest BCUT2D eigenvalue weighted by Gasteiger charge is -2.16. The zero-order valence-corrected chi connectivity index (χ0v) is 10.2. The van der Waals surface area contributed by atoms with Crippen LogP contribution in [0.2, 0.25) is 0 Å². The van der Waals surface area contributed by atoms with E-state index in [1.165, 1.54) is 40.6 Å². The number of rotatable bonds is 2. The van der Waals surface area contributed by atoms with Gasteiger partial charge in [0.25, 0.3) is 0 Å². The van der Waals surface area contributed by atoms with Crippen molar-refractivity contribution in [2.75, 3.05) is 0 Å². The quantitative estimate of drug-likeness (QED) is 0.716. The molecule has 0 unspecified atom stereocenters. The minimum absolute atomic E-state index is 1.12. The Balaban J connectivity index is 2.48. The second-order valence-corrected chi connectivity index (χ2v) is 4.57. The summed E-state index contributed by atoms with van der Waals surface area (Å²) in [6.07, 6.45) is 8.73. The lowest BCUT2D eigenvalue weighted by atomic mass is 10.0. The van der Waals surface area contributed by atoms with Gasteiger partial charge in [0.15, 0.2) is 0 Å². The van der Waals surface area contributed by atoms with Crippen molar-refractivity contribution >= 4 is 23.1 Å². The molecule has 3 rings (SSSR count). The van der Waals surface area contributed by atoms with Crippen molar-refractivity contribution in [2.45, 2.75) is 26.3 Å². The minimum atomic E-state index is 1.12. The normalized spacial score (nSPS) is 14.6. The van der Waals surface area contributed by atoms with Gasteiger partial charge in [-0.15, -0.1) is 0 Å². The first-order valence-corrected chi connectivity index (χ1v) is 6.26. The third-order valence-corrected chi connectivity index (χ3v) is 3.60. The SMILES string of the molecule is C=Cc1c(/C=C\C)c2cccc3c2n1CCC3. The number of benzene rings is 1. The largest absolute Gasteiger partial charge is 0.340 e. The summed E-state index contributed by atoms with van der Waals surface area (Å²) >= 11 is 0. The van der Waals surface area contributed by atoms with Crippen LogP contribution >= 0.6 is 0 Å². The molecule has 0 saturated heterocycles. The van der Waals surface area contributed by atoms with Crippen LogP contribution in [0.3, 0.4) is 0 Å². The third-order valence-electron chi connectivity index (χ3n) is 3.60. The zero-order chi connectivity index (χ0) is 11.8. The second kappa shape index (κ2) is 3.92. The first kappa shape index (κ1) is 10.4. The van der Waals surface area contributed by atoms with Gasteiger partial charge in [0.2, 0.25) is 0 Å². The van der Waals surface area contributed by atoms with Crippen LogP contribution in [0.1, 0.15) is 30.2 Å². The number of aryl methyl sites for hydroxylation is 2. The van der Waals surface area contributed by atoms with E-state index in [0.717, 1.165) is 6.54 Å². The molecule has 1 aliphatic rings. The highest BCUT2D eigenvalue weighted by atomic mass is 15.0. The summed E-state index contributed by atoms with van der Waals surface area (Å²) in [5, 5.41) is 1.37. The van der Waals surface area contributed by atoms with Crippen LogP contribution in [-0.2, 0) is 13.0 Å². The monoisotopic (exact) mass is 223 g/mol. The van der Waals surface area contributed by atoms with Gasteiger partial charge in [0, 0.05) is 23.2 Å². The Morgan fingerprint density at radius 3 is 3.00 bits per heavy atom. The van der Waals surface area contributed by atoms with Crippen LogP contribution in [0, 0.1) is 0 Å². The first-order chi connectivity index (χ1) is 8.36. The van der Waals surface area contributed by atoms with E-state index < -0.39 is 0 Å². The van der Waals surface area contributed by atoms with E-state index in [4.69, 9.17) is 0 Å². The van der Waals surface area contributed by atoms with Crippen LogP contribution in [0.4, 0.5) is 0 Å². The molecular weight excluding hydrogens is 206 g/mol. The Labute approximate surface area is 102 Å². The van der Waals surface area contributed by atoms with E-state index in [2.05, 4.69) is 48.4 Å². The number of hydrogen-bond donors (Lipinski definition) is 0. The fourth-order valence-corrected chi connectivity index (χ4v) is 2.95. The van der Waals surface area contributed by atoms with Gasteiger partial charge in [-0.25, -0.2) is 0 Å². The van der Waals surface area contributed by atoms with Crippen molar-refractivity contribution in [3.05, 3.63) is 47.7 Å². The molecule has 0 fully saturated rings. The van der Waals surface area contributed by atoms with E-state index in [1.807, 2.05) is 6.08 Å². The second-order valence-electron chi connectivity index (χ2n) is 4.57. The maximum atomic E-state index is 3.98. The van der Waals surface area contributed by atoms with Crippen molar-refractivity contribution < 1.29 is 0 Å². The van der Waals surface area contributed by atoms with Crippen molar-refractivity contribution in [3.8, 4) is 0 Å². The van der Waals surface area contributed by atoms with Crippen LogP contribution in [0.5, 0.6) is 0 Å². The highest BCUT2D eigenvalue weighted by Gasteiger charge is 2.18. The van der Waals surface area contributed by atoms with Gasteiger partial charge in [-0.2, -0.15) is 0 Å². The van der Waals surface area contributed by atoms with Gasteiger partial charge in [0.1, 0.15) is 0 Å². The lowest BCUT2D eigenvalue weighted by molar-refractivity contribution is 0.632. The minimum Gasteiger partial charge on any atom is -0.340 e. The molecular formula is C16H17N. The average Bonchev–Trinajstić information content (AvgIpc) is 2.67. The summed E-state index contributed by atoms with van der Waals surface area (Å²) < 4.78 is 2.43. The Bertz CT molecular complexity index is 614. The molecule has 1 aromatic carbocycles. The number of hydrogen-bond acceptors (Lipinski definition) is 0. The summed E-state index contributed by atoms with van der Waals surface area (Å²) in [6.45, 7) is 7.16. The van der Waals surface area contributed by atoms with Crippen LogP contribution in [-0.4, -0.2) is 4.57 Å². The summed E-state index contributed by atoms with van der Waals surface area (Å²) in [7, 11) is 0. The van der Waals surface area contributed by atoms with Gasteiger partial charge in [0.05, 0.1) is 5.52 Å². The summed E-state index contributed by atoms with van der Waals surface area (Å²) in [5.41, 5.74) is 5.49. The van der Waals surface area contributed by atoms with E-state index in [0.29, 0.717) is 0 Å². The molecule has 0 saturated carbocycles. The molecule has 0 spiro atoms. The molecule has 0 bridgehead atoms. The highest BCUT2D eigenvalue weighted by molar-refractivity contribution is 5.96. The molecule has 0 amide bonds. The van der Waals surface area contributed by atoms with E-state index in [1.54, 1.807) is 0 Å². The van der Waals surface area contributed by atoms with E-state index in [-0.39, 0.29) is 0 Å². The van der Waals surface area contributed by atoms with E-state index >= 15 is 0 Å². The Morgan fingerprint density at radius 2 is 2.24 bits per heavy atom. The van der Waals surface area contributed by atoms with Crippen molar-refractivity contribution in [1.29, 1.82) is 0 Å². The van der Waals surface area contributed by atoms with Gasteiger partial charge < -0.3 is 4.57 Å². The standard InChI is InChI=1S/C16H17N/c1-3-7-13-14-10-5-8-12-9-6-11-17(16(12)14)15(13)4-2/h3-5,7-8,10H,2,6,9,11H2,1H3/b7-3-. The molecule has 0 radical (unpaired) electrons. The molecule has 1 aromatic heterocycles. The van der Waals surface area contributed by atoms with Gasteiger partial charge in [-0.05, 0) is 31.4 Å². The maximum Gasteiger partial charge on any atom is 0.0523 e. The topological polar surface area (TPSA) is 4.93 Å². The summed E-state index contributed by atoms with van der Waals surface area (Å²) in [4.78, 5) is 0. The van der Waals surface area contributed by atoms with Crippen LogP contribution in [0.15, 0.2) is 30.9 Å². The number of nitrogens with zero attached hydrogens (tertiary/aromatic N) is 1. The fraction of sp³-hybridized carbons (Fsp3) is 0.250. The molecule has 1 nitrogen and oxygen atoms in total. The molecule has 2 heterocycles. The molecule has 0 N–H and O–H groups in total. The van der Waals surface area contributed by atoms with E-state index in [9.17, 15) is 0 Å². The predicted octanol–water partition coefficient (Wildman–Crippen LogP) is 4.26. The Morgan fingerprint density at radius 1 is 1.35 bits per heavy atom. The molecule has 86 valence electrons. The highest BCUT2D eigenvalue weighted by Crippen LogP contribution is 2.34. The van der Waals surface area contributed by atoms with Crippen LogP contribution < -0.4 is 0 Å². The maximum absolute atomic E-state index is 3.98. The smallest absolute Gasteiger partial charge is 0.0523 e. The Hall–Kier alpha value is -1.76. The average molecular weight is 223 g/mol. The van der Waals surface area contributed by atoms with Gasteiger partial charge in [-0.3, -0.25) is 0 Å². The summed E-state index contributed by atoms with van der Waals surface area (Å²) in [6, 6.07) is 6.65. The molecule has 17 heavy (non-hydrogen) atoms. The molecule has 0 aliphatic carbocycles. The Kier molecular flexibility index (Phi) is 2.40. The first-order valence-electron chi connectivity index (χ1n) is 6.26. The third kappa shape index (κ3) is 1.39.